The van der Waals surface area contributed by atoms with Crippen molar-refractivity contribution in [1.82, 2.24) is 9.97 Å². The molecule has 0 aliphatic heterocycles. The van der Waals surface area contributed by atoms with Gasteiger partial charge in [-0.2, -0.15) is 5.26 Å². The Morgan fingerprint density at radius 3 is 2.63 bits per heavy atom. The average molecular weight is 262 g/mol. The number of nitriles is 1. The Balaban J connectivity index is 2.97. The van der Waals surface area contributed by atoms with Gasteiger partial charge in [-0.3, -0.25) is 0 Å². The minimum absolute atomic E-state index is 0.0565. The van der Waals surface area contributed by atoms with E-state index < -0.39 is 0 Å². The molecular weight excluding hydrogens is 240 g/mol. The molecule has 0 aliphatic rings. The zero-order valence-corrected chi connectivity index (χ0v) is 12.3. The SMILES string of the molecule is COCc1cc(NC[C@H](C)C#N)nc(C(C)(C)C)n1. The molecule has 1 aromatic rings. The summed E-state index contributed by atoms with van der Waals surface area (Å²) in [7, 11) is 1.64. The molecule has 0 saturated heterocycles. The first-order valence-electron chi connectivity index (χ1n) is 6.37. The number of ether oxygens (including phenoxy) is 1. The smallest absolute Gasteiger partial charge is 0.136 e. The van der Waals surface area contributed by atoms with Gasteiger partial charge in [0.15, 0.2) is 0 Å². The van der Waals surface area contributed by atoms with Gasteiger partial charge in [-0.15, -0.1) is 0 Å². The second-order valence-corrected chi connectivity index (χ2v) is 5.66. The van der Waals surface area contributed by atoms with Crippen LogP contribution in [0.25, 0.3) is 0 Å². The van der Waals surface area contributed by atoms with Crippen LogP contribution in [-0.2, 0) is 16.8 Å². The molecule has 5 nitrogen and oxygen atoms in total. The van der Waals surface area contributed by atoms with E-state index in [0.29, 0.717) is 13.2 Å². The molecule has 1 atom stereocenters. The summed E-state index contributed by atoms with van der Waals surface area (Å²) in [6.45, 7) is 9.11. The summed E-state index contributed by atoms with van der Waals surface area (Å²) in [4.78, 5) is 9.01. The van der Waals surface area contributed by atoms with Crippen molar-refractivity contribution < 1.29 is 4.74 Å². The van der Waals surface area contributed by atoms with Gasteiger partial charge in [-0.05, 0) is 6.92 Å². The second-order valence-electron chi connectivity index (χ2n) is 5.66. The number of aromatic nitrogens is 2. The lowest BCUT2D eigenvalue weighted by Crippen LogP contribution is -2.19. The molecule has 0 fully saturated rings. The van der Waals surface area contributed by atoms with Crippen LogP contribution in [0.3, 0.4) is 0 Å². The van der Waals surface area contributed by atoms with Crippen LogP contribution in [0.15, 0.2) is 6.07 Å². The van der Waals surface area contributed by atoms with Gasteiger partial charge < -0.3 is 10.1 Å². The van der Waals surface area contributed by atoms with E-state index >= 15 is 0 Å². The zero-order valence-electron chi connectivity index (χ0n) is 12.3. The van der Waals surface area contributed by atoms with Gasteiger partial charge in [0.05, 0.1) is 24.3 Å². The molecule has 0 aliphatic carbocycles. The van der Waals surface area contributed by atoms with Gasteiger partial charge in [0, 0.05) is 25.1 Å². The topological polar surface area (TPSA) is 70.8 Å². The van der Waals surface area contributed by atoms with E-state index in [1.54, 1.807) is 7.11 Å². The summed E-state index contributed by atoms with van der Waals surface area (Å²) in [5.74, 6) is 1.46. The molecule has 1 heterocycles. The lowest BCUT2D eigenvalue weighted by molar-refractivity contribution is 0.181. The Bertz CT molecular complexity index is 459. The van der Waals surface area contributed by atoms with E-state index in [1.165, 1.54) is 0 Å². The van der Waals surface area contributed by atoms with Gasteiger partial charge in [-0.1, -0.05) is 20.8 Å². The molecule has 0 aromatic carbocycles. The second kappa shape index (κ2) is 6.48. The first-order chi connectivity index (χ1) is 8.86. The molecule has 19 heavy (non-hydrogen) atoms. The third-order valence-corrected chi connectivity index (χ3v) is 2.55. The van der Waals surface area contributed by atoms with Gasteiger partial charge >= 0.3 is 0 Å². The fraction of sp³-hybridized carbons (Fsp3) is 0.643. The Kier molecular flexibility index (Phi) is 5.25. The molecule has 1 rings (SSSR count). The molecule has 104 valence electrons. The summed E-state index contributed by atoms with van der Waals surface area (Å²) >= 11 is 0. The number of methoxy groups -OCH3 is 1. The number of rotatable bonds is 5. The molecule has 0 spiro atoms. The maximum Gasteiger partial charge on any atom is 0.136 e. The highest BCUT2D eigenvalue weighted by molar-refractivity contribution is 5.37. The third-order valence-electron chi connectivity index (χ3n) is 2.55. The van der Waals surface area contributed by atoms with Crippen LogP contribution in [0.2, 0.25) is 0 Å². The van der Waals surface area contributed by atoms with E-state index in [0.717, 1.165) is 17.3 Å². The molecule has 0 amide bonds. The summed E-state index contributed by atoms with van der Waals surface area (Å²) in [5.41, 5.74) is 0.718. The minimum atomic E-state index is -0.124. The van der Waals surface area contributed by atoms with Crippen LogP contribution < -0.4 is 5.32 Å². The summed E-state index contributed by atoms with van der Waals surface area (Å²) in [6, 6.07) is 4.05. The van der Waals surface area contributed by atoms with Crippen LogP contribution in [0, 0.1) is 17.2 Å². The largest absolute Gasteiger partial charge is 0.378 e. The molecular formula is C14H22N4O. The van der Waals surface area contributed by atoms with Gasteiger partial charge in [0.25, 0.3) is 0 Å². The highest BCUT2D eigenvalue weighted by Crippen LogP contribution is 2.20. The van der Waals surface area contributed by atoms with Crippen molar-refractivity contribution in [3.63, 3.8) is 0 Å². The van der Waals surface area contributed by atoms with Gasteiger partial charge in [0.2, 0.25) is 0 Å². The van der Waals surface area contributed by atoms with E-state index in [2.05, 4.69) is 42.1 Å². The number of hydrogen-bond donors (Lipinski definition) is 1. The zero-order chi connectivity index (χ0) is 14.5. The van der Waals surface area contributed by atoms with Crippen molar-refractivity contribution in [3.05, 3.63) is 17.6 Å². The van der Waals surface area contributed by atoms with Crippen molar-refractivity contribution in [1.29, 1.82) is 5.26 Å². The highest BCUT2D eigenvalue weighted by Gasteiger charge is 2.19. The fourth-order valence-corrected chi connectivity index (χ4v) is 1.45. The van der Waals surface area contributed by atoms with Crippen LogP contribution in [0.4, 0.5) is 5.82 Å². The van der Waals surface area contributed by atoms with E-state index in [1.807, 2.05) is 13.0 Å². The maximum absolute atomic E-state index is 8.79. The average Bonchev–Trinajstić information content (AvgIpc) is 2.35. The van der Waals surface area contributed by atoms with E-state index in [4.69, 9.17) is 10.00 Å². The van der Waals surface area contributed by atoms with Crippen molar-refractivity contribution >= 4 is 5.82 Å². The first kappa shape index (κ1) is 15.4. The third kappa shape index (κ3) is 4.84. The van der Waals surface area contributed by atoms with Gasteiger partial charge in [0.1, 0.15) is 11.6 Å². The molecule has 0 saturated carbocycles. The Hall–Kier alpha value is -1.67. The quantitative estimate of drug-likeness (QED) is 0.882. The van der Waals surface area contributed by atoms with E-state index in [9.17, 15) is 0 Å². The van der Waals surface area contributed by atoms with Crippen molar-refractivity contribution in [2.45, 2.75) is 39.7 Å². The Morgan fingerprint density at radius 1 is 1.42 bits per heavy atom. The lowest BCUT2D eigenvalue weighted by atomic mass is 9.95. The molecule has 0 bridgehead atoms. The Labute approximate surface area is 115 Å². The predicted octanol–water partition coefficient (Wildman–Crippen LogP) is 2.49. The molecule has 1 aromatic heterocycles. The summed E-state index contributed by atoms with van der Waals surface area (Å²) in [6.07, 6.45) is 0. The molecule has 5 heteroatoms. The normalized spacial score (nSPS) is 12.8. The number of nitrogens with zero attached hydrogens (tertiary/aromatic N) is 3. The Morgan fingerprint density at radius 2 is 2.11 bits per heavy atom. The van der Waals surface area contributed by atoms with Crippen LogP contribution >= 0.6 is 0 Å². The standard InChI is InChI=1S/C14H22N4O/c1-10(7-15)8-16-12-6-11(9-19-5)17-13(18-12)14(2,3)4/h6,10H,8-9H2,1-5H3,(H,16,17,18)/t10-/m1/s1. The first-order valence-corrected chi connectivity index (χ1v) is 6.37. The van der Waals surface area contributed by atoms with Crippen LogP contribution in [0.5, 0.6) is 0 Å². The minimum Gasteiger partial charge on any atom is -0.378 e. The highest BCUT2D eigenvalue weighted by atomic mass is 16.5. The van der Waals surface area contributed by atoms with Gasteiger partial charge in [-0.25, -0.2) is 9.97 Å². The summed E-state index contributed by atoms with van der Waals surface area (Å²) in [5, 5.41) is 12.0. The number of hydrogen-bond acceptors (Lipinski definition) is 5. The molecule has 1 N–H and O–H groups in total. The van der Waals surface area contributed by atoms with E-state index in [-0.39, 0.29) is 11.3 Å². The van der Waals surface area contributed by atoms with Crippen molar-refractivity contribution in [2.75, 3.05) is 19.0 Å². The lowest BCUT2D eigenvalue weighted by Gasteiger charge is -2.19. The van der Waals surface area contributed by atoms with Crippen LogP contribution in [0.1, 0.15) is 39.2 Å². The molecule has 0 radical (unpaired) electrons. The van der Waals surface area contributed by atoms with Crippen molar-refractivity contribution in [2.24, 2.45) is 5.92 Å². The summed E-state index contributed by atoms with van der Waals surface area (Å²) < 4.78 is 5.13. The van der Waals surface area contributed by atoms with Crippen LogP contribution in [-0.4, -0.2) is 23.6 Å². The maximum atomic E-state index is 8.79. The number of anilines is 1. The van der Waals surface area contributed by atoms with Crippen molar-refractivity contribution in [3.8, 4) is 6.07 Å². The molecule has 0 unspecified atom stereocenters. The predicted molar refractivity (Wildman–Crippen MR) is 74.7 cm³/mol. The fourth-order valence-electron chi connectivity index (χ4n) is 1.45. The number of nitrogens with one attached hydrogen (secondary N) is 1. The monoisotopic (exact) mass is 262 g/mol.